The van der Waals surface area contributed by atoms with E-state index in [9.17, 15) is 4.79 Å². The van der Waals surface area contributed by atoms with Crippen LogP contribution in [0.25, 0.3) is 10.4 Å². The number of aldehydes is 1. The lowest BCUT2D eigenvalue weighted by Gasteiger charge is -2.05. The van der Waals surface area contributed by atoms with Gasteiger partial charge in [0, 0.05) is 4.88 Å². The highest BCUT2D eigenvalue weighted by Crippen LogP contribution is 2.32. The first-order chi connectivity index (χ1) is 7.74. The van der Waals surface area contributed by atoms with Crippen LogP contribution in [0.5, 0.6) is 5.75 Å². The second kappa shape index (κ2) is 4.37. The Labute approximate surface area is 97.5 Å². The van der Waals surface area contributed by atoms with Crippen molar-refractivity contribution in [2.75, 3.05) is 12.8 Å². The van der Waals surface area contributed by atoms with E-state index in [2.05, 4.69) is 0 Å². The zero-order valence-corrected chi connectivity index (χ0v) is 9.58. The van der Waals surface area contributed by atoms with Gasteiger partial charge in [-0.05, 0) is 35.9 Å². The van der Waals surface area contributed by atoms with Crippen LogP contribution in [0, 0.1) is 0 Å². The molecular formula is C12H11NO2S. The number of methoxy groups -OCH3 is 1. The largest absolute Gasteiger partial charge is 0.495 e. The van der Waals surface area contributed by atoms with Gasteiger partial charge in [0.25, 0.3) is 0 Å². The van der Waals surface area contributed by atoms with E-state index in [1.54, 1.807) is 13.2 Å². The summed E-state index contributed by atoms with van der Waals surface area (Å²) in [5.74, 6) is 0.663. The number of hydrogen-bond donors (Lipinski definition) is 1. The molecule has 0 radical (unpaired) electrons. The fourth-order valence-electron chi connectivity index (χ4n) is 1.46. The van der Waals surface area contributed by atoms with Crippen LogP contribution >= 0.6 is 11.3 Å². The number of nitrogen functional groups attached to an aromatic ring is 1. The van der Waals surface area contributed by atoms with Crippen LogP contribution in [0.4, 0.5) is 5.69 Å². The number of carbonyl (C=O) groups is 1. The van der Waals surface area contributed by atoms with E-state index in [1.165, 1.54) is 11.3 Å². The molecule has 0 aliphatic carbocycles. The predicted molar refractivity (Wildman–Crippen MR) is 66.1 cm³/mol. The normalized spacial score (nSPS) is 10.1. The second-order valence-corrected chi connectivity index (χ2v) is 4.39. The zero-order valence-electron chi connectivity index (χ0n) is 8.77. The average molecular weight is 233 g/mol. The second-order valence-electron chi connectivity index (χ2n) is 3.28. The van der Waals surface area contributed by atoms with E-state index in [4.69, 9.17) is 10.5 Å². The van der Waals surface area contributed by atoms with E-state index in [0.717, 1.165) is 16.7 Å². The molecule has 0 saturated carbocycles. The van der Waals surface area contributed by atoms with Crippen molar-refractivity contribution in [3.05, 3.63) is 35.2 Å². The van der Waals surface area contributed by atoms with Crippen molar-refractivity contribution in [1.82, 2.24) is 0 Å². The number of thiophene rings is 1. The number of ether oxygens (including phenoxy) is 1. The number of rotatable bonds is 3. The van der Waals surface area contributed by atoms with Crippen molar-refractivity contribution in [2.24, 2.45) is 0 Å². The number of nitrogens with two attached hydrogens (primary N) is 1. The smallest absolute Gasteiger partial charge is 0.160 e. The fourth-order valence-corrected chi connectivity index (χ4v) is 2.28. The van der Waals surface area contributed by atoms with E-state index >= 15 is 0 Å². The van der Waals surface area contributed by atoms with Crippen molar-refractivity contribution >= 4 is 23.3 Å². The Morgan fingerprint density at radius 2 is 2.12 bits per heavy atom. The minimum atomic E-state index is 0.598. The summed E-state index contributed by atoms with van der Waals surface area (Å²) in [5.41, 5.74) is 7.41. The Bertz CT molecular complexity index is 519. The maximum absolute atomic E-state index is 10.6. The number of hydrogen-bond acceptors (Lipinski definition) is 4. The Hall–Kier alpha value is -1.81. The summed E-state index contributed by atoms with van der Waals surface area (Å²) in [5, 5.41) is 0. The summed E-state index contributed by atoms with van der Waals surface area (Å²) in [4.78, 5) is 12.3. The molecule has 0 amide bonds. The third-order valence-electron chi connectivity index (χ3n) is 2.26. The summed E-state index contributed by atoms with van der Waals surface area (Å²) >= 11 is 1.44. The molecule has 0 aliphatic heterocycles. The molecule has 4 heteroatoms. The topological polar surface area (TPSA) is 52.3 Å². The SMILES string of the molecule is COc1ccc(-c2ccc(C=O)s2)cc1N. The van der Waals surface area contributed by atoms with Crippen LogP contribution in [-0.2, 0) is 0 Å². The van der Waals surface area contributed by atoms with Gasteiger partial charge in [0.1, 0.15) is 5.75 Å². The van der Waals surface area contributed by atoms with Gasteiger partial charge < -0.3 is 10.5 Å². The van der Waals surface area contributed by atoms with Crippen LogP contribution < -0.4 is 10.5 Å². The van der Waals surface area contributed by atoms with Crippen molar-refractivity contribution < 1.29 is 9.53 Å². The molecule has 0 unspecified atom stereocenters. The van der Waals surface area contributed by atoms with Crippen LogP contribution in [0.15, 0.2) is 30.3 Å². The molecule has 2 rings (SSSR count). The molecule has 1 heterocycles. The minimum absolute atomic E-state index is 0.598. The Morgan fingerprint density at radius 1 is 1.31 bits per heavy atom. The first-order valence-electron chi connectivity index (χ1n) is 4.73. The van der Waals surface area contributed by atoms with E-state index in [0.29, 0.717) is 16.3 Å². The standard InChI is InChI=1S/C12H11NO2S/c1-15-11-4-2-8(6-10(11)13)12-5-3-9(7-14)16-12/h2-7H,13H2,1H3. The molecule has 2 aromatic rings. The van der Waals surface area contributed by atoms with Gasteiger partial charge in [-0.2, -0.15) is 0 Å². The summed E-state index contributed by atoms with van der Waals surface area (Å²) in [6.07, 6.45) is 0.848. The lowest BCUT2D eigenvalue weighted by atomic mass is 10.1. The van der Waals surface area contributed by atoms with E-state index in [1.807, 2.05) is 24.3 Å². The monoisotopic (exact) mass is 233 g/mol. The van der Waals surface area contributed by atoms with Crippen molar-refractivity contribution in [1.29, 1.82) is 0 Å². The highest BCUT2D eigenvalue weighted by Gasteiger charge is 2.05. The van der Waals surface area contributed by atoms with Crippen LogP contribution in [-0.4, -0.2) is 13.4 Å². The molecule has 3 nitrogen and oxygen atoms in total. The van der Waals surface area contributed by atoms with Gasteiger partial charge in [-0.3, -0.25) is 4.79 Å². The molecule has 0 aliphatic rings. The Balaban J connectivity index is 2.40. The average Bonchev–Trinajstić information content (AvgIpc) is 2.77. The quantitative estimate of drug-likeness (QED) is 0.655. The van der Waals surface area contributed by atoms with Crippen molar-refractivity contribution in [3.63, 3.8) is 0 Å². The van der Waals surface area contributed by atoms with Gasteiger partial charge in [0.05, 0.1) is 17.7 Å². The van der Waals surface area contributed by atoms with Gasteiger partial charge in [-0.25, -0.2) is 0 Å². The predicted octanol–water partition coefficient (Wildman–Crippen LogP) is 2.82. The lowest BCUT2D eigenvalue weighted by Crippen LogP contribution is -1.91. The van der Waals surface area contributed by atoms with Crippen LogP contribution in [0.1, 0.15) is 9.67 Å². The third-order valence-corrected chi connectivity index (χ3v) is 3.32. The first-order valence-corrected chi connectivity index (χ1v) is 5.55. The Kier molecular flexibility index (Phi) is 2.92. The van der Waals surface area contributed by atoms with Gasteiger partial charge in [-0.15, -0.1) is 11.3 Å². The molecule has 82 valence electrons. The molecule has 1 aromatic heterocycles. The fraction of sp³-hybridized carbons (Fsp3) is 0.0833. The summed E-state index contributed by atoms with van der Waals surface area (Å²) in [6.45, 7) is 0. The summed E-state index contributed by atoms with van der Waals surface area (Å²) in [6, 6.07) is 9.31. The molecular weight excluding hydrogens is 222 g/mol. The van der Waals surface area contributed by atoms with Crippen LogP contribution in [0.3, 0.4) is 0 Å². The molecule has 2 N–H and O–H groups in total. The highest BCUT2D eigenvalue weighted by atomic mass is 32.1. The molecule has 0 bridgehead atoms. The molecule has 16 heavy (non-hydrogen) atoms. The molecule has 1 aromatic carbocycles. The van der Waals surface area contributed by atoms with Gasteiger partial charge in [0.15, 0.2) is 6.29 Å². The summed E-state index contributed by atoms with van der Waals surface area (Å²) < 4.78 is 5.08. The summed E-state index contributed by atoms with van der Waals surface area (Å²) in [7, 11) is 1.58. The van der Waals surface area contributed by atoms with Crippen molar-refractivity contribution in [2.45, 2.75) is 0 Å². The Morgan fingerprint density at radius 3 is 2.69 bits per heavy atom. The lowest BCUT2D eigenvalue weighted by molar-refractivity contribution is 0.112. The third kappa shape index (κ3) is 1.92. The molecule has 0 spiro atoms. The first kappa shape index (κ1) is 10.7. The molecule has 0 fully saturated rings. The molecule has 0 saturated heterocycles. The maximum Gasteiger partial charge on any atom is 0.160 e. The number of carbonyl (C=O) groups excluding carboxylic acids is 1. The minimum Gasteiger partial charge on any atom is -0.495 e. The van der Waals surface area contributed by atoms with E-state index < -0.39 is 0 Å². The van der Waals surface area contributed by atoms with Gasteiger partial charge in [0.2, 0.25) is 0 Å². The maximum atomic E-state index is 10.6. The number of anilines is 1. The van der Waals surface area contributed by atoms with Crippen LogP contribution in [0.2, 0.25) is 0 Å². The number of benzene rings is 1. The van der Waals surface area contributed by atoms with Crippen molar-refractivity contribution in [3.8, 4) is 16.2 Å². The molecule has 0 atom stereocenters. The highest BCUT2D eigenvalue weighted by molar-refractivity contribution is 7.17. The van der Waals surface area contributed by atoms with E-state index in [-0.39, 0.29) is 0 Å². The van der Waals surface area contributed by atoms with Gasteiger partial charge >= 0.3 is 0 Å². The zero-order chi connectivity index (χ0) is 11.5. The van der Waals surface area contributed by atoms with Gasteiger partial charge in [-0.1, -0.05) is 0 Å².